The van der Waals surface area contributed by atoms with Crippen molar-refractivity contribution >= 4 is 32.3 Å². The molecule has 4 atom stereocenters. The Bertz CT molecular complexity index is 700. The van der Waals surface area contributed by atoms with Gasteiger partial charge in [-0.3, -0.25) is 0 Å². The van der Waals surface area contributed by atoms with Crippen molar-refractivity contribution in [2.45, 2.75) is 126 Å². The van der Waals surface area contributed by atoms with E-state index < -0.39 is 32.3 Å². The predicted octanol–water partition coefficient (Wildman–Crippen LogP) is 10.1. The van der Waals surface area contributed by atoms with Crippen LogP contribution in [0.2, 0.25) is 101 Å². The van der Waals surface area contributed by atoms with Gasteiger partial charge in [0.15, 0.2) is 0 Å². The van der Waals surface area contributed by atoms with Crippen LogP contribution in [0.5, 0.6) is 0 Å². The molecule has 0 unspecified atom stereocenters. The van der Waals surface area contributed by atoms with Crippen molar-refractivity contribution in [1.29, 1.82) is 0 Å². The maximum absolute atomic E-state index is 2.83. The molecule has 4 bridgehead atoms. The van der Waals surface area contributed by atoms with Crippen molar-refractivity contribution in [2.24, 2.45) is 0 Å². The third-order valence-corrected chi connectivity index (χ3v) is 17.9. The summed E-state index contributed by atoms with van der Waals surface area (Å²) >= 11 is 0. The van der Waals surface area contributed by atoms with Crippen LogP contribution < -0.4 is 0 Å². The van der Waals surface area contributed by atoms with Crippen LogP contribution in [-0.4, -0.2) is 32.3 Å². The van der Waals surface area contributed by atoms with E-state index in [-0.39, 0.29) is 0 Å². The van der Waals surface area contributed by atoms with Gasteiger partial charge in [-0.05, 0) is 47.8 Å². The molecule has 0 radical (unpaired) electrons. The quantitative estimate of drug-likeness (QED) is 0.266. The molecule has 32 heavy (non-hydrogen) atoms. The van der Waals surface area contributed by atoms with E-state index in [2.05, 4.69) is 103 Å². The first-order valence-corrected chi connectivity index (χ1v) is 27.5. The highest BCUT2D eigenvalue weighted by Gasteiger charge is 2.41. The molecule has 0 fully saturated rings. The maximum Gasteiger partial charge on any atom is 0.0561 e. The Kier molecular flexibility index (Phi) is 7.27. The molecule has 0 amide bonds. The van der Waals surface area contributed by atoms with E-state index in [1.165, 1.54) is 25.7 Å². The Balaban J connectivity index is 2.14. The Hall–Kier alpha value is -0.172. The van der Waals surface area contributed by atoms with E-state index in [4.69, 9.17) is 0 Å². The molecule has 180 valence electrons. The molecule has 0 aliphatic heterocycles. The topological polar surface area (TPSA) is 0 Å². The van der Waals surface area contributed by atoms with Gasteiger partial charge in [-0.1, -0.05) is 125 Å². The van der Waals surface area contributed by atoms with Gasteiger partial charge in [-0.2, -0.15) is 0 Å². The van der Waals surface area contributed by atoms with Gasteiger partial charge >= 0.3 is 0 Å². The van der Waals surface area contributed by atoms with Crippen LogP contribution >= 0.6 is 0 Å². The molecule has 6 rings (SSSR count). The molecule has 0 spiro atoms. The Labute approximate surface area is 204 Å². The average Bonchev–Trinajstić information content (AvgIpc) is 2.59. The van der Waals surface area contributed by atoms with Crippen molar-refractivity contribution in [3.05, 3.63) is 46.6 Å². The number of hydrogen-bond acceptors (Lipinski definition) is 0. The lowest BCUT2D eigenvalue weighted by Crippen LogP contribution is -2.37. The minimum Gasteiger partial charge on any atom is -0.0806 e. The summed E-state index contributed by atoms with van der Waals surface area (Å²) in [5.41, 5.74) is 10.2. The molecule has 0 aromatic rings. The highest BCUT2D eigenvalue weighted by Crippen LogP contribution is 2.52. The summed E-state index contributed by atoms with van der Waals surface area (Å²) in [4.78, 5) is 0. The van der Waals surface area contributed by atoms with Crippen molar-refractivity contribution < 1.29 is 0 Å². The predicted molar refractivity (Wildman–Crippen MR) is 159 cm³/mol. The lowest BCUT2D eigenvalue weighted by molar-refractivity contribution is 0.759. The van der Waals surface area contributed by atoms with E-state index in [1.807, 2.05) is 22.3 Å². The van der Waals surface area contributed by atoms with Gasteiger partial charge < -0.3 is 0 Å². The van der Waals surface area contributed by atoms with Crippen molar-refractivity contribution in [1.82, 2.24) is 0 Å². The first-order chi connectivity index (χ1) is 14.4. The smallest absolute Gasteiger partial charge is 0.0561 e. The minimum absolute atomic E-state index is 0.746. The molecule has 0 aromatic heterocycles. The molecule has 6 aliphatic rings. The minimum atomic E-state index is -1.29. The first kappa shape index (κ1) is 26.4. The number of rotatable bonds is 4. The monoisotopic (exact) mass is 500 g/mol. The van der Waals surface area contributed by atoms with E-state index >= 15 is 0 Å². The zero-order valence-corrected chi connectivity index (χ0v) is 27.4. The summed E-state index contributed by atoms with van der Waals surface area (Å²) in [6, 6.07) is 0. The molecule has 0 nitrogen and oxygen atoms in total. The van der Waals surface area contributed by atoms with Gasteiger partial charge in [0.2, 0.25) is 0 Å². The summed E-state index contributed by atoms with van der Waals surface area (Å²) in [5, 5.41) is 0. The zero-order chi connectivity index (χ0) is 24.3. The second-order valence-electron chi connectivity index (χ2n) is 15.3. The van der Waals surface area contributed by atoms with Crippen LogP contribution in [0.15, 0.2) is 46.6 Å². The van der Waals surface area contributed by atoms with E-state index in [1.54, 1.807) is 0 Å². The fraction of sp³-hybridized carbons (Fsp3) is 0.714. The maximum atomic E-state index is 2.83. The second-order valence-corrected chi connectivity index (χ2v) is 36.8. The van der Waals surface area contributed by atoms with E-state index in [0.29, 0.717) is 0 Å². The Morgan fingerprint density at radius 2 is 0.531 bits per heavy atom. The van der Waals surface area contributed by atoms with Crippen molar-refractivity contribution in [2.75, 3.05) is 0 Å². The zero-order valence-electron chi connectivity index (χ0n) is 23.4. The van der Waals surface area contributed by atoms with Crippen LogP contribution in [0.3, 0.4) is 0 Å². The summed E-state index contributed by atoms with van der Waals surface area (Å²) in [7, 11) is -5.15. The average molecular weight is 501 g/mol. The summed E-state index contributed by atoms with van der Waals surface area (Å²) < 4.78 is 0. The van der Waals surface area contributed by atoms with Crippen LogP contribution in [-0.2, 0) is 0 Å². The second kappa shape index (κ2) is 8.80. The lowest BCUT2D eigenvalue weighted by atomic mass is 9.85. The van der Waals surface area contributed by atoms with Gasteiger partial charge in [0.1, 0.15) is 0 Å². The lowest BCUT2D eigenvalue weighted by Gasteiger charge is -2.43. The van der Waals surface area contributed by atoms with Crippen molar-refractivity contribution in [3.63, 3.8) is 0 Å². The highest BCUT2D eigenvalue weighted by molar-refractivity contribution is 6.81. The van der Waals surface area contributed by atoms with Crippen LogP contribution in [0, 0.1) is 0 Å². The molecule has 0 N–H and O–H groups in total. The molecule has 0 heterocycles. The Morgan fingerprint density at radius 1 is 0.375 bits per heavy atom. The van der Waals surface area contributed by atoms with Gasteiger partial charge in [-0.15, -0.1) is 0 Å². The van der Waals surface area contributed by atoms with Gasteiger partial charge in [0.05, 0.1) is 32.3 Å². The normalized spacial score (nSPS) is 30.1. The molecule has 6 aliphatic carbocycles. The Morgan fingerprint density at radius 3 is 0.656 bits per heavy atom. The highest BCUT2D eigenvalue weighted by atomic mass is 28.3. The van der Waals surface area contributed by atoms with Gasteiger partial charge in [0.25, 0.3) is 0 Å². The van der Waals surface area contributed by atoms with Crippen LogP contribution in [0.25, 0.3) is 0 Å². The van der Waals surface area contributed by atoms with E-state index in [9.17, 15) is 0 Å². The largest absolute Gasteiger partial charge is 0.0806 e. The number of hydrogen-bond donors (Lipinski definition) is 0. The standard InChI is InChI=1S/C28H52Si4/c1-29(2,3)25-17-22-15-16-24-20-27(31(7,8)9)23(19-28(24)32(10,11)12)14-13-21(25)18-26(22)30(4,5)6/h17-20,25-28H,13-16H2,1-12H3/t25-,26-,27-,28-/m0/s1. The van der Waals surface area contributed by atoms with Crippen molar-refractivity contribution in [3.8, 4) is 0 Å². The molecular weight excluding hydrogens is 449 g/mol. The van der Waals surface area contributed by atoms with Gasteiger partial charge in [0, 0.05) is 0 Å². The molecule has 4 heteroatoms. The fourth-order valence-electron chi connectivity index (χ4n) is 6.46. The number of allylic oxidation sites excluding steroid dienone is 8. The molecule has 0 aromatic carbocycles. The van der Waals surface area contributed by atoms with Gasteiger partial charge in [-0.25, -0.2) is 0 Å². The molecule has 0 saturated carbocycles. The third kappa shape index (κ3) is 5.72. The third-order valence-electron chi connectivity index (χ3n) is 8.26. The molecule has 0 saturated heterocycles. The molecular formula is C28H52Si4. The summed E-state index contributed by atoms with van der Waals surface area (Å²) in [6.07, 6.45) is 16.5. The first-order valence-electron chi connectivity index (χ1n) is 13.2. The SMILES string of the molecule is C[Si](C)(C)[C@H]1C=C2CCC3=C[C@H]([Si](C)(C)C)C(=C[C@@H]3[Si](C)(C)C)CCC1=C[C@@H]2[Si](C)(C)C. The van der Waals surface area contributed by atoms with E-state index in [0.717, 1.165) is 22.2 Å². The fourth-order valence-corrected chi connectivity index (χ4v) is 14.7. The van der Waals surface area contributed by atoms with Crippen LogP contribution in [0.1, 0.15) is 25.7 Å². The summed E-state index contributed by atoms with van der Waals surface area (Å²) in [6.45, 7) is 31.2. The van der Waals surface area contributed by atoms with Crippen LogP contribution in [0.4, 0.5) is 0 Å². The summed E-state index contributed by atoms with van der Waals surface area (Å²) in [5.74, 6) is 0.